The van der Waals surface area contributed by atoms with Gasteiger partial charge >= 0.3 is 5.97 Å². The Kier molecular flexibility index (Phi) is 7.01. The Morgan fingerprint density at radius 3 is 2.69 bits per heavy atom. The van der Waals surface area contributed by atoms with E-state index in [1.165, 1.54) is 7.11 Å². The number of esters is 1. The lowest BCUT2D eigenvalue weighted by molar-refractivity contribution is -0.146. The van der Waals surface area contributed by atoms with E-state index in [9.17, 15) is 14.4 Å². The van der Waals surface area contributed by atoms with E-state index in [1.54, 1.807) is 6.07 Å². The number of methoxy groups -OCH3 is 1. The standard InChI is InChI=1S/C21H29N3O4.ClH/c1-28-21(27)15-4-2-13(3-5-15)10-23-19(25)17-6-7-18-16-8-14(9-22-11-16)12-24(18)20(17)26;/h6-7,13-16,22H,2-5,8-12H2,1H3,(H,23,25);1H/t13?,14-,15?,16+;/m0./s1. The fourth-order valence-corrected chi connectivity index (χ4v) is 5.06. The van der Waals surface area contributed by atoms with Crippen molar-refractivity contribution in [2.24, 2.45) is 17.8 Å². The van der Waals surface area contributed by atoms with Crippen molar-refractivity contribution in [1.82, 2.24) is 15.2 Å². The number of hydrogen-bond acceptors (Lipinski definition) is 5. The van der Waals surface area contributed by atoms with Gasteiger partial charge in [0.1, 0.15) is 5.56 Å². The third kappa shape index (κ3) is 4.51. The van der Waals surface area contributed by atoms with Crippen LogP contribution in [0.15, 0.2) is 16.9 Å². The van der Waals surface area contributed by atoms with E-state index in [2.05, 4.69) is 10.6 Å². The zero-order valence-electron chi connectivity index (χ0n) is 16.8. The molecule has 0 unspecified atom stereocenters. The van der Waals surface area contributed by atoms with Crippen molar-refractivity contribution in [1.29, 1.82) is 0 Å². The monoisotopic (exact) mass is 423 g/mol. The van der Waals surface area contributed by atoms with Gasteiger partial charge in [-0.2, -0.15) is 0 Å². The summed E-state index contributed by atoms with van der Waals surface area (Å²) in [7, 11) is 1.43. The highest BCUT2D eigenvalue weighted by atomic mass is 35.5. The predicted octanol–water partition coefficient (Wildman–Crippen LogP) is 1.69. The smallest absolute Gasteiger partial charge is 0.308 e. The minimum Gasteiger partial charge on any atom is -0.469 e. The van der Waals surface area contributed by atoms with Crippen LogP contribution >= 0.6 is 12.4 Å². The van der Waals surface area contributed by atoms with Crippen LogP contribution in [0.4, 0.5) is 0 Å². The zero-order valence-corrected chi connectivity index (χ0v) is 17.6. The lowest BCUT2D eigenvalue weighted by atomic mass is 9.82. The summed E-state index contributed by atoms with van der Waals surface area (Å²) >= 11 is 0. The minimum absolute atomic E-state index is 0. The van der Waals surface area contributed by atoms with Crippen molar-refractivity contribution in [3.05, 3.63) is 33.7 Å². The van der Waals surface area contributed by atoms with Gasteiger partial charge in [0.15, 0.2) is 0 Å². The van der Waals surface area contributed by atoms with Gasteiger partial charge in [-0.05, 0) is 62.6 Å². The van der Waals surface area contributed by atoms with Crippen LogP contribution in [0.25, 0.3) is 0 Å². The number of halogens is 1. The average Bonchev–Trinajstić information content (AvgIpc) is 2.73. The van der Waals surface area contributed by atoms with Crippen LogP contribution in [0.1, 0.15) is 54.1 Å². The van der Waals surface area contributed by atoms with Gasteiger partial charge in [0, 0.05) is 31.2 Å². The summed E-state index contributed by atoms with van der Waals surface area (Å²) < 4.78 is 6.63. The molecular formula is C21H30ClN3O4. The third-order valence-corrected chi connectivity index (χ3v) is 6.69. The lowest BCUT2D eigenvalue weighted by Crippen LogP contribution is -2.46. The molecule has 0 spiro atoms. The van der Waals surface area contributed by atoms with Crippen LogP contribution in [0.2, 0.25) is 0 Å². The normalized spacial score (nSPS) is 27.9. The maximum atomic E-state index is 12.9. The predicted molar refractivity (Wildman–Crippen MR) is 111 cm³/mol. The second-order valence-electron chi connectivity index (χ2n) is 8.50. The molecule has 1 saturated heterocycles. The SMILES string of the molecule is COC(=O)C1CCC(CNC(=O)c2ccc3n(c2=O)C[C@@H]2CNC[C@H]3C2)CC1.Cl. The maximum absolute atomic E-state index is 12.9. The average molecular weight is 424 g/mol. The summed E-state index contributed by atoms with van der Waals surface area (Å²) in [4.78, 5) is 37.2. The number of fused-ring (bicyclic) bond motifs is 4. The van der Waals surface area contributed by atoms with Crippen molar-refractivity contribution in [2.75, 3.05) is 26.7 Å². The first-order valence-corrected chi connectivity index (χ1v) is 10.4. The highest BCUT2D eigenvalue weighted by molar-refractivity contribution is 5.93. The minimum atomic E-state index is -0.288. The molecule has 1 aromatic heterocycles. The number of ether oxygens (including phenoxy) is 1. The molecule has 4 rings (SSSR count). The Morgan fingerprint density at radius 1 is 1.21 bits per heavy atom. The van der Waals surface area contributed by atoms with E-state index in [1.807, 2.05) is 10.6 Å². The maximum Gasteiger partial charge on any atom is 0.308 e. The first-order chi connectivity index (χ1) is 13.6. The highest BCUT2D eigenvalue weighted by Gasteiger charge is 2.32. The summed E-state index contributed by atoms with van der Waals surface area (Å²) in [5, 5.41) is 6.38. The molecule has 160 valence electrons. The van der Waals surface area contributed by atoms with Crippen LogP contribution in [0.3, 0.4) is 0 Å². The quantitative estimate of drug-likeness (QED) is 0.719. The van der Waals surface area contributed by atoms with Crippen LogP contribution in [-0.2, 0) is 16.1 Å². The topological polar surface area (TPSA) is 89.4 Å². The Bertz CT molecular complexity index is 817. The second-order valence-corrected chi connectivity index (χ2v) is 8.50. The summed E-state index contributed by atoms with van der Waals surface area (Å²) in [6.07, 6.45) is 4.49. The van der Waals surface area contributed by atoms with Gasteiger partial charge < -0.3 is 19.9 Å². The van der Waals surface area contributed by atoms with Crippen LogP contribution in [0, 0.1) is 17.8 Å². The number of carbonyl (C=O) groups is 2. The number of carbonyl (C=O) groups excluding carboxylic acids is 2. The van der Waals surface area contributed by atoms with Gasteiger partial charge in [0.2, 0.25) is 0 Å². The Balaban J connectivity index is 0.00000240. The third-order valence-electron chi connectivity index (χ3n) is 6.69. The number of piperidine rings is 1. The van der Waals surface area contributed by atoms with Crippen LogP contribution in [0.5, 0.6) is 0 Å². The Labute approximate surface area is 177 Å². The zero-order chi connectivity index (χ0) is 19.7. The molecule has 1 amide bonds. The molecule has 2 N–H and O–H groups in total. The van der Waals surface area contributed by atoms with Gasteiger partial charge in [-0.25, -0.2) is 0 Å². The van der Waals surface area contributed by atoms with Gasteiger partial charge in [-0.15, -0.1) is 12.4 Å². The molecule has 2 aliphatic heterocycles. The molecule has 3 aliphatic rings. The highest BCUT2D eigenvalue weighted by Crippen LogP contribution is 2.32. The number of rotatable bonds is 4. The van der Waals surface area contributed by atoms with E-state index in [0.717, 1.165) is 50.9 Å². The first-order valence-electron chi connectivity index (χ1n) is 10.4. The lowest BCUT2D eigenvalue weighted by Gasteiger charge is -2.37. The fraction of sp³-hybridized carbons (Fsp3) is 0.667. The molecule has 8 heteroatoms. The van der Waals surface area contributed by atoms with Crippen LogP contribution in [-0.4, -0.2) is 43.2 Å². The van der Waals surface area contributed by atoms with Gasteiger partial charge in [0.05, 0.1) is 13.0 Å². The number of aromatic nitrogens is 1. The van der Waals surface area contributed by atoms with Crippen molar-refractivity contribution in [3.8, 4) is 0 Å². The van der Waals surface area contributed by atoms with Gasteiger partial charge in [0.25, 0.3) is 11.5 Å². The molecule has 1 saturated carbocycles. The van der Waals surface area contributed by atoms with Crippen LogP contribution < -0.4 is 16.2 Å². The molecule has 2 bridgehead atoms. The molecule has 29 heavy (non-hydrogen) atoms. The molecule has 2 fully saturated rings. The Morgan fingerprint density at radius 2 is 1.97 bits per heavy atom. The molecule has 1 aliphatic carbocycles. The molecule has 0 aromatic carbocycles. The van der Waals surface area contributed by atoms with Gasteiger partial charge in [-0.1, -0.05) is 0 Å². The summed E-state index contributed by atoms with van der Waals surface area (Å²) in [6.45, 7) is 3.07. The largest absolute Gasteiger partial charge is 0.469 e. The van der Waals surface area contributed by atoms with Gasteiger partial charge in [-0.3, -0.25) is 14.4 Å². The second kappa shape index (κ2) is 9.30. The number of nitrogens with one attached hydrogen (secondary N) is 2. The van der Waals surface area contributed by atoms with E-state index in [-0.39, 0.29) is 41.3 Å². The summed E-state index contributed by atoms with van der Waals surface area (Å²) in [6, 6.07) is 3.64. The molecule has 1 aromatic rings. The number of amides is 1. The number of pyridine rings is 1. The molecule has 2 atom stereocenters. The molecular weight excluding hydrogens is 394 g/mol. The first kappa shape index (κ1) is 21.8. The van der Waals surface area contributed by atoms with E-state index in [4.69, 9.17) is 4.74 Å². The number of hydrogen-bond donors (Lipinski definition) is 2. The van der Waals surface area contributed by atoms with Crippen molar-refractivity contribution < 1.29 is 14.3 Å². The molecule has 3 heterocycles. The summed E-state index contributed by atoms with van der Waals surface area (Å²) in [5.74, 6) is 0.732. The van der Waals surface area contributed by atoms with Crippen molar-refractivity contribution in [3.63, 3.8) is 0 Å². The molecule has 0 radical (unpaired) electrons. The number of nitrogens with zero attached hydrogens (tertiary/aromatic N) is 1. The van der Waals surface area contributed by atoms with Crippen molar-refractivity contribution >= 4 is 24.3 Å². The fourth-order valence-electron chi connectivity index (χ4n) is 5.06. The molecule has 7 nitrogen and oxygen atoms in total. The van der Waals surface area contributed by atoms with Crippen molar-refractivity contribution in [2.45, 2.75) is 44.6 Å². The Hall–Kier alpha value is -1.86. The van der Waals surface area contributed by atoms with E-state index in [0.29, 0.717) is 30.8 Å². The summed E-state index contributed by atoms with van der Waals surface area (Å²) in [5.41, 5.74) is 1.12. The van der Waals surface area contributed by atoms with E-state index >= 15 is 0 Å². The van der Waals surface area contributed by atoms with E-state index < -0.39 is 0 Å².